The van der Waals surface area contributed by atoms with Gasteiger partial charge in [-0.05, 0) is 36.8 Å². The number of hydrogen-bond acceptors (Lipinski definition) is 4. The summed E-state index contributed by atoms with van der Waals surface area (Å²) in [4.78, 5) is 15.2. The Labute approximate surface area is 200 Å². The number of hydrogen-bond donors (Lipinski definition) is 1. The maximum atomic E-state index is 13.2. The van der Waals surface area contributed by atoms with Crippen molar-refractivity contribution >= 4 is 11.8 Å². The van der Waals surface area contributed by atoms with Crippen molar-refractivity contribution in [1.82, 2.24) is 4.90 Å². The van der Waals surface area contributed by atoms with Crippen molar-refractivity contribution < 1.29 is 24.0 Å². The lowest BCUT2D eigenvalue weighted by molar-refractivity contribution is -0.527. The minimum absolute atomic E-state index is 0.308. The van der Waals surface area contributed by atoms with Gasteiger partial charge in [-0.25, -0.2) is 9.69 Å². The molecule has 176 valence electrons. The zero-order valence-corrected chi connectivity index (χ0v) is 19.9. The summed E-state index contributed by atoms with van der Waals surface area (Å²) in [6, 6.07) is 25.6. The minimum atomic E-state index is -1.26. The molecule has 0 spiro atoms. The first-order valence-corrected chi connectivity index (χ1v) is 11.4. The number of ether oxygens (including phenoxy) is 2. The Bertz CT molecular complexity index is 1160. The quantitative estimate of drug-likeness (QED) is 0.492. The number of nitrogens with zero attached hydrogens (tertiary/aromatic N) is 2. The van der Waals surface area contributed by atoms with Crippen LogP contribution in [0.1, 0.15) is 22.3 Å². The van der Waals surface area contributed by atoms with E-state index in [2.05, 4.69) is 4.58 Å². The molecule has 0 bridgehead atoms. The molecule has 6 nitrogen and oxygen atoms in total. The van der Waals surface area contributed by atoms with Crippen LogP contribution in [0.5, 0.6) is 5.75 Å². The predicted molar refractivity (Wildman–Crippen MR) is 131 cm³/mol. The maximum absolute atomic E-state index is 13.2. The maximum Gasteiger partial charge on any atom is 0.361 e. The lowest BCUT2D eigenvalue weighted by atomic mass is 9.87. The van der Waals surface area contributed by atoms with E-state index in [9.17, 15) is 9.90 Å². The van der Waals surface area contributed by atoms with Crippen molar-refractivity contribution in [3.8, 4) is 5.75 Å². The molecule has 34 heavy (non-hydrogen) atoms. The van der Waals surface area contributed by atoms with Gasteiger partial charge in [-0.2, -0.15) is 0 Å². The number of aliphatic carboxylic acids is 1. The summed E-state index contributed by atoms with van der Waals surface area (Å²) in [6.07, 6.45) is 0. The van der Waals surface area contributed by atoms with Crippen LogP contribution in [-0.4, -0.2) is 60.3 Å². The van der Waals surface area contributed by atoms with E-state index in [4.69, 9.17) is 9.47 Å². The molecule has 1 heterocycles. The normalized spacial score (nSPS) is 17.8. The molecule has 0 aromatic heterocycles. The number of rotatable bonds is 9. The topological polar surface area (TPSA) is 62.0 Å². The number of aryl methyl sites for hydroxylation is 1. The first-order chi connectivity index (χ1) is 16.5. The monoisotopic (exact) mass is 459 g/mol. The third-order valence-corrected chi connectivity index (χ3v) is 6.42. The van der Waals surface area contributed by atoms with Crippen molar-refractivity contribution in [3.05, 3.63) is 101 Å². The van der Waals surface area contributed by atoms with E-state index in [1.165, 1.54) is 0 Å². The molecule has 3 aromatic rings. The molecule has 4 rings (SSSR count). The molecule has 3 aromatic carbocycles. The van der Waals surface area contributed by atoms with Gasteiger partial charge in [-0.15, -0.1) is 0 Å². The molecular formula is C28H31N2O4+. The van der Waals surface area contributed by atoms with Crippen LogP contribution in [0.3, 0.4) is 0 Å². The molecule has 1 N–H and O–H groups in total. The van der Waals surface area contributed by atoms with Crippen LogP contribution in [0, 0.1) is 6.92 Å². The summed E-state index contributed by atoms with van der Waals surface area (Å²) in [5.74, 6) is 0.744. The number of methoxy groups -OCH3 is 2. The fourth-order valence-electron chi connectivity index (χ4n) is 4.61. The van der Waals surface area contributed by atoms with Gasteiger partial charge in [0, 0.05) is 12.7 Å². The first kappa shape index (κ1) is 23.5. The van der Waals surface area contributed by atoms with Crippen LogP contribution in [0.15, 0.2) is 78.9 Å². The van der Waals surface area contributed by atoms with Gasteiger partial charge in [0.05, 0.1) is 19.3 Å². The highest BCUT2D eigenvalue weighted by molar-refractivity contribution is 6.00. The molecule has 6 heteroatoms. The Morgan fingerprint density at radius 1 is 1.00 bits per heavy atom. The molecule has 0 aliphatic carbocycles. The summed E-state index contributed by atoms with van der Waals surface area (Å²) >= 11 is 0. The molecular weight excluding hydrogens is 428 g/mol. The highest BCUT2D eigenvalue weighted by Gasteiger charge is 2.60. The molecule has 1 aliphatic rings. The molecule has 1 atom stereocenters. The lowest BCUT2D eigenvalue weighted by Crippen LogP contribution is -2.52. The van der Waals surface area contributed by atoms with E-state index in [-0.39, 0.29) is 0 Å². The first-order valence-electron chi connectivity index (χ1n) is 11.4. The van der Waals surface area contributed by atoms with Crippen LogP contribution in [0.25, 0.3) is 0 Å². The average molecular weight is 460 g/mol. The number of carbonyl (C=O) groups is 1. The Hall–Kier alpha value is -3.64. The van der Waals surface area contributed by atoms with Gasteiger partial charge >= 0.3 is 5.97 Å². The van der Waals surface area contributed by atoms with Gasteiger partial charge in [-0.1, -0.05) is 60.2 Å². The predicted octanol–water partition coefficient (Wildman–Crippen LogP) is 3.91. The molecule has 0 radical (unpaired) electrons. The third kappa shape index (κ3) is 4.41. The van der Waals surface area contributed by atoms with Gasteiger partial charge in [0.25, 0.3) is 11.4 Å². The zero-order valence-electron chi connectivity index (χ0n) is 19.9. The Balaban J connectivity index is 1.92. The number of carboxylic acids is 1. The lowest BCUT2D eigenvalue weighted by Gasteiger charge is -2.30. The van der Waals surface area contributed by atoms with Crippen LogP contribution < -0.4 is 4.74 Å². The summed E-state index contributed by atoms with van der Waals surface area (Å²) in [6.45, 7) is 3.83. The largest absolute Gasteiger partial charge is 0.497 e. The second-order valence-electron chi connectivity index (χ2n) is 8.57. The summed E-state index contributed by atoms with van der Waals surface area (Å²) in [7, 11) is 3.30. The van der Waals surface area contributed by atoms with E-state index in [1.807, 2.05) is 90.7 Å². The van der Waals surface area contributed by atoms with E-state index in [0.717, 1.165) is 33.8 Å². The van der Waals surface area contributed by atoms with Gasteiger partial charge in [0.1, 0.15) is 25.4 Å². The van der Waals surface area contributed by atoms with Crippen molar-refractivity contribution in [2.75, 3.05) is 33.9 Å². The van der Waals surface area contributed by atoms with Crippen LogP contribution in [0.2, 0.25) is 0 Å². The minimum Gasteiger partial charge on any atom is -0.497 e. The van der Waals surface area contributed by atoms with E-state index in [0.29, 0.717) is 26.2 Å². The Morgan fingerprint density at radius 3 is 2.26 bits per heavy atom. The average Bonchev–Trinajstić information content (AvgIpc) is 3.18. The highest BCUT2D eigenvalue weighted by Crippen LogP contribution is 2.37. The Morgan fingerprint density at radius 2 is 1.68 bits per heavy atom. The summed E-state index contributed by atoms with van der Waals surface area (Å²) in [5, 5.41) is 10.8. The highest BCUT2D eigenvalue weighted by atomic mass is 16.5. The second-order valence-corrected chi connectivity index (χ2v) is 8.57. The molecule has 0 amide bonds. The SMILES string of the molecule is COCC[N+]1=C(c2ccc(OC)cc2)N(Cc2ccccc2)C(C(=O)O)(c2ccc(C)cc2)C1. The van der Waals surface area contributed by atoms with Gasteiger partial charge in [0.15, 0.2) is 0 Å². The molecule has 1 aliphatic heterocycles. The van der Waals surface area contributed by atoms with Crippen LogP contribution in [-0.2, 0) is 21.6 Å². The van der Waals surface area contributed by atoms with Crippen molar-refractivity contribution in [2.24, 2.45) is 0 Å². The van der Waals surface area contributed by atoms with E-state index < -0.39 is 11.5 Å². The molecule has 0 saturated heterocycles. The van der Waals surface area contributed by atoms with Gasteiger partial charge in [-0.3, -0.25) is 4.58 Å². The second kappa shape index (κ2) is 10.1. The third-order valence-electron chi connectivity index (χ3n) is 6.42. The van der Waals surface area contributed by atoms with Gasteiger partial charge < -0.3 is 14.6 Å². The van der Waals surface area contributed by atoms with Crippen molar-refractivity contribution in [2.45, 2.75) is 19.0 Å². The van der Waals surface area contributed by atoms with E-state index in [1.54, 1.807) is 14.2 Å². The number of carboxylic acid groups (broad SMARTS) is 1. The molecule has 0 saturated carbocycles. The Kier molecular flexibility index (Phi) is 6.98. The van der Waals surface area contributed by atoms with Crippen molar-refractivity contribution in [1.29, 1.82) is 0 Å². The number of amidine groups is 1. The summed E-state index contributed by atoms with van der Waals surface area (Å²) in [5.41, 5.74) is 2.56. The van der Waals surface area contributed by atoms with E-state index >= 15 is 0 Å². The standard InChI is InChI=1S/C28H30N2O4/c1-21-9-13-24(14-10-21)28(27(31)32)20-29(17-18-33-2)26(23-11-15-25(34-3)16-12-23)30(28)19-22-7-5-4-6-8-22/h4-16H,17-20H2,1-3H3/p+1. The van der Waals surface area contributed by atoms with Crippen molar-refractivity contribution in [3.63, 3.8) is 0 Å². The van der Waals surface area contributed by atoms with Crippen LogP contribution >= 0.6 is 0 Å². The molecule has 0 fully saturated rings. The number of benzene rings is 3. The van der Waals surface area contributed by atoms with Crippen LogP contribution in [0.4, 0.5) is 0 Å². The summed E-state index contributed by atoms with van der Waals surface area (Å²) < 4.78 is 12.9. The fraction of sp³-hybridized carbons (Fsp3) is 0.286. The fourth-order valence-corrected chi connectivity index (χ4v) is 4.61. The smallest absolute Gasteiger partial charge is 0.361 e. The molecule has 1 unspecified atom stereocenters. The zero-order chi connectivity index (χ0) is 24.1. The van der Waals surface area contributed by atoms with Gasteiger partial charge in [0.2, 0.25) is 0 Å².